The Hall–Kier alpha value is -2.17. The van der Waals surface area contributed by atoms with Crippen molar-refractivity contribution < 1.29 is 17.9 Å². The maximum Gasteiger partial charge on any atom is 0.416 e. The molecule has 160 valence electrons. The number of anilines is 1. The summed E-state index contributed by atoms with van der Waals surface area (Å²) in [6, 6.07) is 13.3. The fourth-order valence-electron chi connectivity index (χ4n) is 3.37. The van der Waals surface area contributed by atoms with Crippen LogP contribution < -0.4 is 9.64 Å². The number of ether oxygens (including phenoxy) is 1. The predicted molar refractivity (Wildman–Crippen MR) is 113 cm³/mol. The molecule has 0 amide bonds. The van der Waals surface area contributed by atoms with E-state index in [1.54, 1.807) is 19.2 Å². The molecule has 0 spiro atoms. The molecule has 0 N–H and O–H groups in total. The Morgan fingerprint density at radius 3 is 1.93 bits per heavy atom. The summed E-state index contributed by atoms with van der Waals surface area (Å²) in [4.78, 5) is 2.23. The Bertz CT molecular complexity index is 696. The zero-order chi connectivity index (χ0) is 21.1. The van der Waals surface area contributed by atoms with Gasteiger partial charge in [0.1, 0.15) is 5.75 Å². The number of rotatable bonds is 12. The molecule has 2 aromatic rings. The van der Waals surface area contributed by atoms with E-state index in [2.05, 4.69) is 11.8 Å². The standard InChI is InChI=1S/C24H32F3NO/c1-3-4-5-6-7-8-9-18-28(22-14-16-23(29-2)17-15-22)19-20-10-12-21(13-11-20)24(25,26)27/h10-17H,3-9,18-19H2,1-2H3. The smallest absolute Gasteiger partial charge is 0.416 e. The third kappa shape index (κ3) is 8.00. The summed E-state index contributed by atoms with van der Waals surface area (Å²) in [6.07, 6.45) is 4.29. The lowest BCUT2D eigenvalue weighted by Gasteiger charge is -2.25. The molecule has 0 heterocycles. The van der Waals surface area contributed by atoms with E-state index in [1.165, 1.54) is 38.5 Å². The van der Waals surface area contributed by atoms with Crippen molar-refractivity contribution in [2.24, 2.45) is 0 Å². The van der Waals surface area contributed by atoms with Crippen molar-refractivity contribution in [3.63, 3.8) is 0 Å². The lowest BCUT2D eigenvalue weighted by molar-refractivity contribution is -0.137. The van der Waals surface area contributed by atoms with Crippen molar-refractivity contribution in [2.75, 3.05) is 18.6 Å². The van der Waals surface area contributed by atoms with Gasteiger partial charge in [-0.05, 0) is 48.4 Å². The summed E-state index contributed by atoms with van der Waals surface area (Å²) in [6.45, 7) is 3.68. The number of methoxy groups -OCH3 is 1. The third-order valence-electron chi connectivity index (χ3n) is 5.12. The van der Waals surface area contributed by atoms with Gasteiger partial charge in [-0.2, -0.15) is 13.2 Å². The van der Waals surface area contributed by atoms with Crippen LogP contribution in [0, 0.1) is 0 Å². The highest BCUT2D eigenvalue weighted by molar-refractivity contribution is 5.49. The fourth-order valence-corrected chi connectivity index (χ4v) is 3.37. The number of nitrogens with zero attached hydrogens (tertiary/aromatic N) is 1. The summed E-state index contributed by atoms with van der Waals surface area (Å²) in [5.74, 6) is 0.791. The molecule has 0 aliphatic carbocycles. The quantitative estimate of drug-likeness (QED) is 0.338. The summed E-state index contributed by atoms with van der Waals surface area (Å²) in [7, 11) is 1.63. The zero-order valence-electron chi connectivity index (χ0n) is 17.5. The minimum Gasteiger partial charge on any atom is -0.497 e. The summed E-state index contributed by atoms with van der Waals surface area (Å²) < 4.78 is 43.7. The highest BCUT2D eigenvalue weighted by atomic mass is 19.4. The minimum absolute atomic E-state index is 0.584. The second kappa shape index (κ2) is 11.7. The van der Waals surface area contributed by atoms with Crippen LogP contribution in [0.2, 0.25) is 0 Å². The molecule has 0 saturated heterocycles. The molecule has 0 aliphatic rings. The maximum atomic E-state index is 12.8. The van der Waals surface area contributed by atoms with Crippen LogP contribution in [0.4, 0.5) is 18.9 Å². The Morgan fingerprint density at radius 1 is 0.793 bits per heavy atom. The van der Waals surface area contributed by atoms with Gasteiger partial charge >= 0.3 is 6.18 Å². The lowest BCUT2D eigenvalue weighted by Crippen LogP contribution is -2.24. The number of halogens is 3. The Morgan fingerprint density at radius 2 is 1.38 bits per heavy atom. The van der Waals surface area contributed by atoms with Crippen LogP contribution in [0.3, 0.4) is 0 Å². The minimum atomic E-state index is -4.30. The van der Waals surface area contributed by atoms with Crippen molar-refractivity contribution in [3.05, 3.63) is 59.7 Å². The first-order valence-electron chi connectivity index (χ1n) is 10.5. The van der Waals surface area contributed by atoms with Crippen molar-refractivity contribution in [3.8, 4) is 5.75 Å². The third-order valence-corrected chi connectivity index (χ3v) is 5.12. The van der Waals surface area contributed by atoms with Gasteiger partial charge in [0.2, 0.25) is 0 Å². The van der Waals surface area contributed by atoms with Gasteiger partial charge in [0.15, 0.2) is 0 Å². The average Bonchev–Trinajstić information content (AvgIpc) is 2.72. The Labute approximate surface area is 172 Å². The second-order valence-electron chi connectivity index (χ2n) is 7.44. The average molecular weight is 408 g/mol. The van der Waals surface area contributed by atoms with Gasteiger partial charge in [0.25, 0.3) is 0 Å². The van der Waals surface area contributed by atoms with Gasteiger partial charge in [-0.1, -0.05) is 57.6 Å². The van der Waals surface area contributed by atoms with E-state index in [0.29, 0.717) is 6.54 Å². The molecule has 5 heteroatoms. The van der Waals surface area contributed by atoms with Crippen LogP contribution in [-0.4, -0.2) is 13.7 Å². The van der Waals surface area contributed by atoms with Crippen LogP contribution >= 0.6 is 0 Å². The first-order valence-corrected chi connectivity index (χ1v) is 10.5. The Kier molecular flexibility index (Phi) is 9.36. The van der Waals surface area contributed by atoms with Gasteiger partial charge in [-0.15, -0.1) is 0 Å². The van der Waals surface area contributed by atoms with E-state index in [9.17, 15) is 13.2 Å². The number of hydrogen-bond donors (Lipinski definition) is 0. The van der Waals surface area contributed by atoms with E-state index in [4.69, 9.17) is 4.74 Å². The fraction of sp³-hybridized carbons (Fsp3) is 0.500. The maximum absolute atomic E-state index is 12.8. The van der Waals surface area contributed by atoms with Crippen molar-refractivity contribution >= 4 is 5.69 Å². The SMILES string of the molecule is CCCCCCCCCN(Cc1ccc(C(F)(F)F)cc1)c1ccc(OC)cc1. The van der Waals surface area contributed by atoms with Crippen LogP contribution in [0.25, 0.3) is 0 Å². The molecule has 29 heavy (non-hydrogen) atoms. The van der Waals surface area contributed by atoms with Crippen molar-refractivity contribution in [2.45, 2.75) is 64.6 Å². The molecule has 2 nitrogen and oxygen atoms in total. The van der Waals surface area contributed by atoms with Gasteiger partial charge in [-0.25, -0.2) is 0 Å². The summed E-state index contributed by atoms with van der Waals surface area (Å²) in [5.41, 5.74) is 1.32. The summed E-state index contributed by atoms with van der Waals surface area (Å²) >= 11 is 0. The highest BCUT2D eigenvalue weighted by Crippen LogP contribution is 2.29. The Balaban J connectivity index is 2.00. The first-order chi connectivity index (χ1) is 13.9. The van der Waals surface area contributed by atoms with Gasteiger partial charge < -0.3 is 9.64 Å². The first kappa shape index (κ1) is 23.1. The van der Waals surface area contributed by atoms with Crippen molar-refractivity contribution in [1.82, 2.24) is 0 Å². The summed E-state index contributed by atoms with van der Waals surface area (Å²) in [5, 5.41) is 0. The van der Waals surface area contributed by atoms with Crippen LogP contribution in [0.5, 0.6) is 5.75 Å². The molecule has 0 radical (unpaired) electrons. The molecule has 0 fully saturated rings. The second-order valence-corrected chi connectivity index (χ2v) is 7.44. The monoisotopic (exact) mass is 407 g/mol. The number of benzene rings is 2. The molecule has 0 bridgehead atoms. The molecular formula is C24H32F3NO. The predicted octanol–water partition coefficient (Wildman–Crippen LogP) is 7.47. The van der Waals surface area contributed by atoms with E-state index in [0.717, 1.165) is 42.1 Å². The molecule has 0 unspecified atom stereocenters. The van der Waals surface area contributed by atoms with Crippen molar-refractivity contribution in [1.29, 1.82) is 0 Å². The van der Waals surface area contributed by atoms with E-state index >= 15 is 0 Å². The van der Waals surface area contributed by atoms with Crippen LogP contribution in [0.15, 0.2) is 48.5 Å². The molecular weight excluding hydrogens is 375 g/mol. The molecule has 0 saturated carbocycles. The molecule has 2 aromatic carbocycles. The molecule has 0 aromatic heterocycles. The van der Waals surface area contributed by atoms with Gasteiger partial charge in [0, 0.05) is 18.8 Å². The largest absolute Gasteiger partial charge is 0.497 e. The van der Waals surface area contributed by atoms with E-state index < -0.39 is 11.7 Å². The van der Waals surface area contributed by atoms with Gasteiger partial charge in [0.05, 0.1) is 12.7 Å². The number of unbranched alkanes of at least 4 members (excludes halogenated alkanes) is 6. The molecule has 2 rings (SSSR count). The van der Waals surface area contributed by atoms with E-state index in [1.807, 2.05) is 24.3 Å². The van der Waals surface area contributed by atoms with Crippen LogP contribution in [-0.2, 0) is 12.7 Å². The topological polar surface area (TPSA) is 12.5 Å². The van der Waals surface area contributed by atoms with Gasteiger partial charge in [-0.3, -0.25) is 0 Å². The lowest BCUT2D eigenvalue weighted by atomic mass is 10.1. The van der Waals surface area contributed by atoms with Crippen LogP contribution in [0.1, 0.15) is 63.0 Å². The number of alkyl halides is 3. The highest BCUT2D eigenvalue weighted by Gasteiger charge is 2.29. The number of hydrogen-bond acceptors (Lipinski definition) is 2. The van der Waals surface area contributed by atoms with E-state index in [-0.39, 0.29) is 0 Å². The normalized spacial score (nSPS) is 11.5. The zero-order valence-corrected chi connectivity index (χ0v) is 17.5. The molecule has 0 atom stereocenters. The molecule has 0 aliphatic heterocycles.